The second-order valence-corrected chi connectivity index (χ2v) is 6.07. The molecule has 0 radical (unpaired) electrons. The number of carbonyl (C=O) groups excluding carboxylic acids is 2. The van der Waals surface area contributed by atoms with Crippen molar-refractivity contribution in [1.29, 1.82) is 0 Å². The Morgan fingerprint density at radius 3 is 2.52 bits per heavy atom. The van der Waals surface area contributed by atoms with E-state index >= 15 is 0 Å². The van der Waals surface area contributed by atoms with Crippen LogP contribution in [0, 0.1) is 11.3 Å². The van der Waals surface area contributed by atoms with E-state index in [-0.39, 0.29) is 17.5 Å². The van der Waals surface area contributed by atoms with E-state index in [1.807, 2.05) is 26.0 Å². The van der Waals surface area contributed by atoms with E-state index in [2.05, 4.69) is 13.2 Å². The van der Waals surface area contributed by atoms with Gasteiger partial charge in [0.05, 0.1) is 5.41 Å². The van der Waals surface area contributed by atoms with Crippen molar-refractivity contribution in [2.45, 2.75) is 47.0 Å². The van der Waals surface area contributed by atoms with Crippen LogP contribution in [-0.4, -0.2) is 11.6 Å². The first-order chi connectivity index (χ1) is 9.77. The van der Waals surface area contributed by atoms with Crippen LogP contribution >= 0.6 is 0 Å². The molecule has 0 amide bonds. The lowest BCUT2D eigenvalue weighted by molar-refractivity contribution is -0.141. The number of hydrogen-bond donors (Lipinski definition) is 0. The van der Waals surface area contributed by atoms with E-state index in [1.54, 1.807) is 13.0 Å². The minimum Gasteiger partial charge on any atom is -0.299 e. The third-order valence-corrected chi connectivity index (χ3v) is 4.57. The minimum absolute atomic E-state index is 0.0288. The van der Waals surface area contributed by atoms with Gasteiger partial charge in [0.25, 0.3) is 0 Å². The molecule has 1 rings (SSSR count). The van der Waals surface area contributed by atoms with Gasteiger partial charge in [0.1, 0.15) is 5.78 Å². The number of carbonyl (C=O) groups is 2. The number of ketones is 2. The predicted molar refractivity (Wildman–Crippen MR) is 88.0 cm³/mol. The maximum Gasteiger partial charge on any atom is 0.172 e. The zero-order valence-corrected chi connectivity index (χ0v) is 13.7. The SMILES string of the molecule is C=C/C(C)=C/CC[C@]1(C(C)=O)C(=O)C(C)=CC[C@H]1C(=C)C. The van der Waals surface area contributed by atoms with Gasteiger partial charge in [-0.05, 0) is 52.5 Å². The van der Waals surface area contributed by atoms with Gasteiger partial charge in [-0.3, -0.25) is 9.59 Å². The van der Waals surface area contributed by atoms with E-state index in [1.165, 1.54) is 6.92 Å². The minimum atomic E-state index is -0.942. The molecule has 1 aliphatic rings. The summed E-state index contributed by atoms with van der Waals surface area (Å²) >= 11 is 0. The van der Waals surface area contributed by atoms with Gasteiger partial charge in [0.15, 0.2) is 5.78 Å². The van der Waals surface area contributed by atoms with Crippen LogP contribution in [0.3, 0.4) is 0 Å². The molecule has 0 aromatic carbocycles. The molecular weight excluding hydrogens is 260 g/mol. The van der Waals surface area contributed by atoms with Gasteiger partial charge in [-0.25, -0.2) is 0 Å². The summed E-state index contributed by atoms with van der Waals surface area (Å²) in [5.41, 5.74) is 1.73. The molecule has 0 aliphatic heterocycles. The molecule has 0 aromatic rings. The quantitative estimate of drug-likeness (QED) is 0.407. The Balaban J connectivity index is 3.23. The molecule has 2 nitrogen and oxygen atoms in total. The van der Waals surface area contributed by atoms with E-state index in [0.717, 1.165) is 17.6 Å². The fourth-order valence-electron chi connectivity index (χ4n) is 3.20. The lowest BCUT2D eigenvalue weighted by Gasteiger charge is -2.40. The summed E-state index contributed by atoms with van der Waals surface area (Å²) in [6, 6.07) is 0. The molecule has 2 heteroatoms. The summed E-state index contributed by atoms with van der Waals surface area (Å²) in [6.45, 7) is 15.0. The lowest BCUT2D eigenvalue weighted by Crippen LogP contribution is -2.47. The smallest absolute Gasteiger partial charge is 0.172 e. The third kappa shape index (κ3) is 3.31. The van der Waals surface area contributed by atoms with Crippen molar-refractivity contribution in [2.24, 2.45) is 11.3 Å². The van der Waals surface area contributed by atoms with Crippen LogP contribution in [0.15, 0.2) is 48.1 Å². The molecule has 0 aromatic heterocycles. The predicted octanol–water partition coefficient (Wildman–Crippen LogP) is 4.59. The van der Waals surface area contributed by atoms with Crippen LogP contribution in [-0.2, 0) is 9.59 Å². The second kappa shape index (κ2) is 6.84. The van der Waals surface area contributed by atoms with E-state index in [0.29, 0.717) is 18.4 Å². The highest BCUT2D eigenvalue weighted by Gasteiger charge is 2.50. The molecule has 2 atom stereocenters. The molecule has 0 saturated heterocycles. The molecule has 0 fully saturated rings. The first-order valence-corrected chi connectivity index (χ1v) is 7.44. The molecule has 0 saturated carbocycles. The highest BCUT2D eigenvalue weighted by molar-refractivity contribution is 6.14. The average Bonchev–Trinajstić information content (AvgIpc) is 2.42. The summed E-state index contributed by atoms with van der Waals surface area (Å²) in [7, 11) is 0. The highest BCUT2D eigenvalue weighted by Crippen LogP contribution is 2.46. The van der Waals surface area contributed by atoms with Crippen LogP contribution < -0.4 is 0 Å². The fourth-order valence-corrected chi connectivity index (χ4v) is 3.20. The van der Waals surface area contributed by atoms with Crippen LogP contribution in [0.25, 0.3) is 0 Å². The number of hydrogen-bond acceptors (Lipinski definition) is 2. The Kier molecular flexibility index (Phi) is 5.65. The molecule has 21 heavy (non-hydrogen) atoms. The maximum absolute atomic E-state index is 12.8. The Morgan fingerprint density at radius 1 is 1.43 bits per heavy atom. The fraction of sp³-hybridized carbons (Fsp3) is 0.474. The van der Waals surface area contributed by atoms with Crippen molar-refractivity contribution in [3.8, 4) is 0 Å². The van der Waals surface area contributed by atoms with Gasteiger partial charge >= 0.3 is 0 Å². The van der Waals surface area contributed by atoms with Crippen molar-refractivity contribution in [3.05, 3.63) is 48.1 Å². The summed E-state index contributed by atoms with van der Waals surface area (Å²) < 4.78 is 0. The van der Waals surface area contributed by atoms with Crippen molar-refractivity contribution >= 4 is 11.6 Å². The van der Waals surface area contributed by atoms with Gasteiger partial charge in [0, 0.05) is 5.92 Å². The topological polar surface area (TPSA) is 34.1 Å². The van der Waals surface area contributed by atoms with Crippen LogP contribution in [0.2, 0.25) is 0 Å². The average molecular weight is 286 g/mol. The largest absolute Gasteiger partial charge is 0.299 e. The molecule has 0 bridgehead atoms. The first kappa shape index (κ1) is 17.4. The Labute approximate surface area is 128 Å². The summed E-state index contributed by atoms with van der Waals surface area (Å²) in [5, 5.41) is 0. The Hall–Kier alpha value is -1.70. The van der Waals surface area contributed by atoms with Crippen molar-refractivity contribution in [3.63, 3.8) is 0 Å². The maximum atomic E-state index is 12.8. The normalized spacial score (nSPS) is 26.3. The lowest BCUT2D eigenvalue weighted by atomic mass is 9.59. The first-order valence-electron chi connectivity index (χ1n) is 7.44. The van der Waals surface area contributed by atoms with Crippen LogP contribution in [0.5, 0.6) is 0 Å². The second-order valence-electron chi connectivity index (χ2n) is 6.07. The van der Waals surface area contributed by atoms with Crippen LogP contribution in [0.4, 0.5) is 0 Å². The third-order valence-electron chi connectivity index (χ3n) is 4.57. The molecule has 114 valence electrons. The number of Topliss-reactive ketones (excluding diaryl/α,β-unsaturated/α-hetero) is 2. The zero-order valence-electron chi connectivity index (χ0n) is 13.7. The van der Waals surface area contributed by atoms with Crippen LogP contribution in [0.1, 0.15) is 47.0 Å². The number of allylic oxidation sites excluding steroid dienone is 6. The van der Waals surface area contributed by atoms with Gasteiger partial charge in [-0.1, -0.05) is 42.5 Å². The van der Waals surface area contributed by atoms with E-state index < -0.39 is 5.41 Å². The van der Waals surface area contributed by atoms with Crippen molar-refractivity contribution < 1.29 is 9.59 Å². The van der Waals surface area contributed by atoms with Gasteiger partial charge in [-0.2, -0.15) is 0 Å². The number of rotatable bonds is 6. The molecule has 0 spiro atoms. The molecule has 0 unspecified atom stereocenters. The van der Waals surface area contributed by atoms with Crippen molar-refractivity contribution in [2.75, 3.05) is 0 Å². The van der Waals surface area contributed by atoms with Gasteiger partial charge in [-0.15, -0.1) is 0 Å². The Morgan fingerprint density at radius 2 is 2.05 bits per heavy atom. The summed E-state index contributed by atoms with van der Waals surface area (Å²) in [4.78, 5) is 25.2. The Bertz CT molecular complexity index is 534. The zero-order chi connectivity index (χ0) is 16.2. The standard InChI is InChI=1S/C19H26O2/c1-7-14(4)9-8-12-19(16(6)20)17(13(2)3)11-10-15(5)18(19)21/h7,9-10,17H,1-2,8,11-12H2,3-6H3/b14-9+/t17-,19+/m0/s1. The molecule has 0 N–H and O–H groups in total. The van der Waals surface area contributed by atoms with Crippen molar-refractivity contribution in [1.82, 2.24) is 0 Å². The monoisotopic (exact) mass is 286 g/mol. The molecule has 0 heterocycles. The van der Waals surface area contributed by atoms with E-state index in [4.69, 9.17) is 0 Å². The highest BCUT2D eigenvalue weighted by atomic mass is 16.2. The van der Waals surface area contributed by atoms with Gasteiger partial charge in [0.2, 0.25) is 0 Å². The molecular formula is C19H26O2. The summed E-state index contributed by atoms with van der Waals surface area (Å²) in [5.74, 6) is -0.167. The molecule has 1 aliphatic carbocycles. The van der Waals surface area contributed by atoms with E-state index in [9.17, 15) is 9.59 Å². The summed E-state index contributed by atoms with van der Waals surface area (Å²) in [6.07, 6.45) is 7.71. The van der Waals surface area contributed by atoms with Gasteiger partial charge < -0.3 is 0 Å².